The minimum absolute atomic E-state index is 0.208. The maximum Gasteiger partial charge on any atom is 0.256 e. The van der Waals surface area contributed by atoms with Crippen molar-refractivity contribution >= 4 is 5.91 Å². The fourth-order valence-electron chi connectivity index (χ4n) is 1.15. The van der Waals surface area contributed by atoms with E-state index in [2.05, 4.69) is 10.3 Å². The van der Waals surface area contributed by atoms with E-state index in [1.165, 1.54) is 0 Å². The molecule has 1 heterocycles. The molecule has 0 fully saturated rings. The lowest BCUT2D eigenvalue weighted by Gasteiger charge is -2.10. The van der Waals surface area contributed by atoms with Gasteiger partial charge >= 0.3 is 0 Å². The Morgan fingerprint density at radius 3 is 3.06 bits per heavy atom. The van der Waals surface area contributed by atoms with Crippen LogP contribution in [0.4, 0.5) is 0 Å². The number of aliphatic hydroxyl groups is 1. The summed E-state index contributed by atoms with van der Waals surface area (Å²) in [6.45, 7) is 4.09. The van der Waals surface area contributed by atoms with Crippen LogP contribution in [0.5, 0.6) is 5.88 Å². The molecule has 0 aliphatic rings. The molecule has 16 heavy (non-hydrogen) atoms. The third-order valence-electron chi connectivity index (χ3n) is 1.85. The molecule has 1 aromatic heterocycles. The molecule has 88 valence electrons. The fourth-order valence-corrected chi connectivity index (χ4v) is 1.15. The highest BCUT2D eigenvalue weighted by atomic mass is 16.5. The number of pyridine rings is 1. The third kappa shape index (κ3) is 3.51. The zero-order chi connectivity index (χ0) is 12.0. The third-order valence-corrected chi connectivity index (χ3v) is 1.85. The minimum atomic E-state index is -0.573. The topological polar surface area (TPSA) is 71.5 Å². The quantitative estimate of drug-likeness (QED) is 0.768. The van der Waals surface area contributed by atoms with Crippen molar-refractivity contribution in [2.24, 2.45) is 0 Å². The summed E-state index contributed by atoms with van der Waals surface area (Å²) >= 11 is 0. The van der Waals surface area contributed by atoms with Crippen molar-refractivity contribution in [1.82, 2.24) is 10.3 Å². The predicted molar refractivity (Wildman–Crippen MR) is 59.4 cm³/mol. The Morgan fingerprint density at radius 1 is 1.69 bits per heavy atom. The highest BCUT2D eigenvalue weighted by molar-refractivity contribution is 5.96. The second-order valence-corrected chi connectivity index (χ2v) is 3.35. The lowest BCUT2D eigenvalue weighted by atomic mass is 10.2. The lowest BCUT2D eigenvalue weighted by molar-refractivity contribution is 0.0919. The molecule has 0 saturated heterocycles. The largest absolute Gasteiger partial charge is 0.477 e. The minimum Gasteiger partial charge on any atom is -0.477 e. The monoisotopic (exact) mass is 224 g/mol. The van der Waals surface area contributed by atoms with Crippen molar-refractivity contribution in [3.05, 3.63) is 23.9 Å². The SMILES string of the molecule is CCOc1ncccc1C(=O)NCC(C)O. The Labute approximate surface area is 94.5 Å². The number of hydrogen-bond acceptors (Lipinski definition) is 4. The van der Waals surface area contributed by atoms with Crippen molar-refractivity contribution in [3.63, 3.8) is 0 Å². The summed E-state index contributed by atoms with van der Waals surface area (Å²) in [5.74, 6) is 0.0190. The Morgan fingerprint density at radius 2 is 2.44 bits per heavy atom. The second kappa shape index (κ2) is 6.07. The average molecular weight is 224 g/mol. The van der Waals surface area contributed by atoms with Gasteiger partial charge in [-0.1, -0.05) is 0 Å². The van der Waals surface area contributed by atoms with Crippen LogP contribution in [-0.2, 0) is 0 Å². The van der Waals surface area contributed by atoms with E-state index in [1.807, 2.05) is 6.92 Å². The number of ether oxygens (including phenoxy) is 1. The normalized spacial score (nSPS) is 11.9. The van der Waals surface area contributed by atoms with Gasteiger partial charge < -0.3 is 15.2 Å². The molecule has 0 saturated carbocycles. The predicted octanol–water partition coefficient (Wildman–Crippen LogP) is 0.591. The molecule has 5 nitrogen and oxygen atoms in total. The smallest absolute Gasteiger partial charge is 0.256 e. The molecule has 0 spiro atoms. The number of hydrogen-bond donors (Lipinski definition) is 2. The van der Waals surface area contributed by atoms with E-state index < -0.39 is 6.10 Å². The first-order valence-electron chi connectivity index (χ1n) is 5.19. The maximum atomic E-state index is 11.7. The number of carbonyl (C=O) groups is 1. The number of rotatable bonds is 5. The van der Waals surface area contributed by atoms with Gasteiger partial charge in [0, 0.05) is 12.7 Å². The first-order valence-corrected chi connectivity index (χ1v) is 5.19. The fraction of sp³-hybridized carbons (Fsp3) is 0.455. The van der Waals surface area contributed by atoms with Crippen molar-refractivity contribution in [2.45, 2.75) is 20.0 Å². The van der Waals surface area contributed by atoms with Gasteiger partial charge in [-0.15, -0.1) is 0 Å². The van der Waals surface area contributed by atoms with Crippen LogP contribution < -0.4 is 10.1 Å². The van der Waals surface area contributed by atoms with Gasteiger partial charge in [0.25, 0.3) is 5.91 Å². The molecule has 1 rings (SSSR count). The Kier molecular flexibility index (Phi) is 4.72. The molecule has 0 bridgehead atoms. The van der Waals surface area contributed by atoms with Gasteiger partial charge in [-0.2, -0.15) is 0 Å². The van der Waals surface area contributed by atoms with Crippen LogP contribution in [0, 0.1) is 0 Å². The summed E-state index contributed by atoms with van der Waals surface area (Å²) in [5, 5.41) is 11.6. The summed E-state index contributed by atoms with van der Waals surface area (Å²) in [6.07, 6.45) is 0.993. The summed E-state index contributed by atoms with van der Waals surface area (Å²) in [5.41, 5.74) is 0.380. The molecule has 0 aromatic carbocycles. The maximum absolute atomic E-state index is 11.7. The van der Waals surface area contributed by atoms with E-state index in [4.69, 9.17) is 9.84 Å². The van der Waals surface area contributed by atoms with Gasteiger partial charge in [0.15, 0.2) is 0 Å². The zero-order valence-corrected chi connectivity index (χ0v) is 9.43. The van der Waals surface area contributed by atoms with Crippen molar-refractivity contribution < 1.29 is 14.6 Å². The van der Waals surface area contributed by atoms with E-state index in [-0.39, 0.29) is 12.5 Å². The first-order chi connectivity index (χ1) is 7.65. The van der Waals surface area contributed by atoms with Gasteiger partial charge in [-0.3, -0.25) is 4.79 Å². The van der Waals surface area contributed by atoms with Crippen LogP contribution >= 0.6 is 0 Å². The van der Waals surface area contributed by atoms with Crippen molar-refractivity contribution in [3.8, 4) is 5.88 Å². The van der Waals surface area contributed by atoms with Crippen LogP contribution in [0.3, 0.4) is 0 Å². The number of nitrogens with zero attached hydrogens (tertiary/aromatic N) is 1. The summed E-state index contributed by atoms with van der Waals surface area (Å²) in [6, 6.07) is 3.30. The Balaban J connectivity index is 2.73. The van der Waals surface area contributed by atoms with E-state index in [9.17, 15) is 4.79 Å². The molecule has 0 radical (unpaired) electrons. The van der Waals surface area contributed by atoms with E-state index in [0.29, 0.717) is 18.1 Å². The highest BCUT2D eigenvalue weighted by Gasteiger charge is 2.13. The average Bonchev–Trinajstić information content (AvgIpc) is 2.27. The van der Waals surface area contributed by atoms with Crippen LogP contribution in [0.1, 0.15) is 24.2 Å². The van der Waals surface area contributed by atoms with Gasteiger partial charge in [0.2, 0.25) is 5.88 Å². The van der Waals surface area contributed by atoms with Gasteiger partial charge in [-0.25, -0.2) is 4.98 Å². The van der Waals surface area contributed by atoms with E-state index in [0.717, 1.165) is 0 Å². The van der Waals surface area contributed by atoms with Crippen molar-refractivity contribution in [1.29, 1.82) is 0 Å². The van der Waals surface area contributed by atoms with Crippen LogP contribution in [0.2, 0.25) is 0 Å². The molecule has 5 heteroatoms. The Bertz CT molecular complexity index is 353. The number of nitrogens with one attached hydrogen (secondary N) is 1. The van der Waals surface area contributed by atoms with E-state index >= 15 is 0 Å². The molecular formula is C11H16N2O3. The van der Waals surface area contributed by atoms with Gasteiger partial charge in [0.1, 0.15) is 5.56 Å². The standard InChI is InChI=1S/C11H16N2O3/c1-3-16-11-9(5-4-6-12-11)10(15)13-7-8(2)14/h4-6,8,14H,3,7H2,1-2H3,(H,13,15). The van der Waals surface area contributed by atoms with Gasteiger partial charge in [0.05, 0.1) is 12.7 Å². The first kappa shape index (κ1) is 12.4. The molecule has 1 amide bonds. The Hall–Kier alpha value is -1.62. The summed E-state index contributed by atoms with van der Waals surface area (Å²) < 4.78 is 5.23. The molecule has 1 atom stereocenters. The number of carbonyl (C=O) groups excluding carboxylic acids is 1. The molecule has 2 N–H and O–H groups in total. The molecule has 0 aliphatic carbocycles. The molecular weight excluding hydrogens is 208 g/mol. The number of aliphatic hydroxyl groups excluding tert-OH is 1. The van der Waals surface area contributed by atoms with Crippen LogP contribution in [0.25, 0.3) is 0 Å². The van der Waals surface area contributed by atoms with Crippen LogP contribution in [0.15, 0.2) is 18.3 Å². The summed E-state index contributed by atoms with van der Waals surface area (Å²) in [7, 11) is 0. The van der Waals surface area contributed by atoms with Gasteiger partial charge in [-0.05, 0) is 26.0 Å². The number of aromatic nitrogens is 1. The molecule has 1 unspecified atom stereocenters. The highest BCUT2D eigenvalue weighted by Crippen LogP contribution is 2.13. The van der Waals surface area contributed by atoms with E-state index in [1.54, 1.807) is 25.3 Å². The van der Waals surface area contributed by atoms with Crippen LogP contribution in [-0.4, -0.2) is 35.3 Å². The molecule has 1 aromatic rings. The number of amides is 1. The zero-order valence-electron chi connectivity index (χ0n) is 9.43. The lowest BCUT2D eigenvalue weighted by Crippen LogP contribution is -2.30. The second-order valence-electron chi connectivity index (χ2n) is 3.35. The van der Waals surface area contributed by atoms with Crippen molar-refractivity contribution in [2.75, 3.05) is 13.2 Å². The summed E-state index contributed by atoms with van der Waals surface area (Å²) in [4.78, 5) is 15.7. The molecule has 0 aliphatic heterocycles.